The molecule has 0 aliphatic heterocycles. The SMILES string of the molecule is CCCc1ccn(CCSCC)c1-c1cccs1. The number of thiophene rings is 1. The van der Waals surface area contributed by atoms with E-state index in [2.05, 4.69) is 48.2 Å². The van der Waals surface area contributed by atoms with E-state index in [0.717, 1.165) is 6.54 Å². The van der Waals surface area contributed by atoms with E-state index < -0.39 is 0 Å². The largest absolute Gasteiger partial charge is 0.346 e. The highest BCUT2D eigenvalue weighted by Crippen LogP contribution is 2.30. The fraction of sp³-hybridized carbons (Fsp3) is 0.467. The van der Waals surface area contributed by atoms with E-state index in [1.807, 2.05) is 23.1 Å². The monoisotopic (exact) mass is 279 g/mol. The predicted molar refractivity (Wildman–Crippen MR) is 84.7 cm³/mol. The normalized spacial score (nSPS) is 11.0. The second kappa shape index (κ2) is 7.05. The van der Waals surface area contributed by atoms with Crippen LogP contribution in [0, 0.1) is 0 Å². The van der Waals surface area contributed by atoms with Crippen LogP contribution in [0.4, 0.5) is 0 Å². The average Bonchev–Trinajstić information content (AvgIpc) is 2.99. The van der Waals surface area contributed by atoms with Crippen molar-refractivity contribution in [3.63, 3.8) is 0 Å². The Hall–Kier alpha value is -0.670. The second-order valence-corrected chi connectivity index (χ2v) is 6.65. The van der Waals surface area contributed by atoms with Crippen LogP contribution in [0.15, 0.2) is 29.8 Å². The van der Waals surface area contributed by atoms with Crippen LogP contribution in [0.5, 0.6) is 0 Å². The number of hydrogen-bond acceptors (Lipinski definition) is 2. The highest BCUT2D eigenvalue weighted by Gasteiger charge is 2.11. The second-order valence-electron chi connectivity index (χ2n) is 4.31. The van der Waals surface area contributed by atoms with Gasteiger partial charge in [-0.05, 0) is 35.2 Å². The number of thioether (sulfide) groups is 1. The van der Waals surface area contributed by atoms with Gasteiger partial charge in [-0.1, -0.05) is 26.3 Å². The Labute approximate surface area is 118 Å². The zero-order valence-electron chi connectivity index (χ0n) is 11.2. The van der Waals surface area contributed by atoms with E-state index in [-0.39, 0.29) is 0 Å². The summed E-state index contributed by atoms with van der Waals surface area (Å²) < 4.78 is 2.43. The Bertz CT molecular complexity index is 457. The molecule has 0 aromatic carbocycles. The van der Waals surface area contributed by atoms with E-state index in [1.54, 1.807) is 0 Å². The number of aryl methyl sites for hydroxylation is 2. The fourth-order valence-electron chi connectivity index (χ4n) is 2.20. The molecule has 1 nitrogen and oxygen atoms in total. The van der Waals surface area contributed by atoms with Gasteiger partial charge in [0, 0.05) is 18.5 Å². The topological polar surface area (TPSA) is 4.93 Å². The van der Waals surface area contributed by atoms with Gasteiger partial charge in [-0.15, -0.1) is 11.3 Å². The molecule has 2 heterocycles. The zero-order valence-corrected chi connectivity index (χ0v) is 12.8. The zero-order chi connectivity index (χ0) is 12.8. The smallest absolute Gasteiger partial charge is 0.0614 e. The van der Waals surface area contributed by atoms with E-state index in [9.17, 15) is 0 Å². The molecule has 98 valence electrons. The van der Waals surface area contributed by atoms with Gasteiger partial charge in [0.2, 0.25) is 0 Å². The van der Waals surface area contributed by atoms with Gasteiger partial charge in [0.1, 0.15) is 0 Å². The van der Waals surface area contributed by atoms with Gasteiger partial charge in [-0.25, -0.2) is 0 Å². The van der Waals surface area contributed by atoms with Gasteiger partial charge in [-0.2, -0.15) is 11.8 Å². The maximum absolute atomic E-state index is 2.43. The summed E-state index contributed by atoms with van der Waals surface area (Å²) in [5, 5.41) is 2.17. The molecule has 0 spiro atoms. The lowest BCUT2D eigenvalue weighted by molar-refractivity contribution is 0.782. The molecule has 0 fully saturated rings. The lowest BCUT2D eigenvalue weighted by atomic mass is 10.1. The van der Waals surface area contributed by atoms with Crippen LogP contribution in [0.25, 0.3) is 10.6 Å². The van der Waals surface area contributed by atoms with E-state index in [4.69, 9.17) is 0 Å². The third kappa shape index (κ3) is 3.21. The maximum atomic E-state index is 2.43. The molecule has 0 unspecified atom stereocenters. The molecule has 0 atom stereocenters. The standard InChI is InChI=1S/C15H21NS2/c1-3-6-13-8-9-16(10-12-17-4-2)15(13)14-7-5-11-18-14/h5,7-9,11H,3-4,6,10,12H2,1-2H3. The first-order valence-electron chi connectivity index (χ1n) is 6.66. The first-order chi connectivity index (χ1) is 8.86. The molecule has 0 aliphatic carbocycles. The van der Waals surface area contributed by atoms with Crippen LogP contribution in [-0.2, 0) is 13.0 Å². The minimum Gasteiger partial charge on any atom is -0.346 e. The minimum atomic E-state index is 1.12. The summed E-state index contributed by atoms with van der Waals surface area (Å²) in [6.07, 6.45) is 4.66. The van der Waals surface area contributed by atoms with Crippen LogP contribution in [0.2, 0.25) is 0 Å². The average molecular weight is 279 g/mol. The molecule has 2 rings (SSSR count). The van der Waals surface area contributed by atoms with E-state index in [0.29, 0.717) is 0 Å². The first kappa shape index (κ1) is 13.8. The Morgan fingerprint density at radius 2 is 2.17 bits per heavy atom. The van der Waals surface area contributed by atoms with Crippen molar-refractivity contribution in [2.24, 2.45) is 0 Å². The van der Waals surface area contributed by atoms with Crippen molar-refractivity contribution < 1.29 is 0 Å². The number of nitrogens with zero attached hydrogens (tertiary/aromatic N) is 1. The van der Waals surface area contributed by atoms with Gasteiger partial charge in [-0.3, -0.25) is 0 Å². The van der Waals surface area contributed by atoms with Crippen molar-refractivity contribution in [1.29, 1.82) is 0 Å². The predicted octanol–water partition coefficient (Wildman–Crippen LogP) is 4.92. The van der Waals surface area contributed by atoms with Crippen molar-refractivity contribution in [1.82, 2.24) is 4.57 Å². The molecular formula is C15H21NS2. The molecule has 0 aliphatic rings. The summed E-state index contributed by atoms with van der Waals surface area (Å²) in [7, 11) is 0. The van der Waals surface area contributed by atoms with Gasteiger partial charge in [0.05, 0.1) is 10.6 Å². The lowest BCUT2D eigenvalue weighted by Gasteiger charge is -2.09. The van der Waals surface area contributed by atoms with Crippen molar-refractivity contribution in [2.45, 2.75) is 33.2 Å². The molecule has 0 N–H and O–H groups in total. The molecule has 0 radical (unpaired) electrons. The van der Waals surface area contributed by atoms with Crippen LogP contribution < -0.4 is 0 Å². The highest BCUT2D eigenvalue weighted by atomic mass is 32.2. The third-order valence-corrected chi connectivity index (χ3v) is 4.76. The summed E-state index contributed by atoms with van der Waals surface area (Å²) in [6, 6.07) is 6.69. The number of hydrogen-bond donors (Lipinski definition) is 0. The summed E-state index contributed by atoms with van der Waals surface area (Å²) in [6.45, 7) is 5.60. The quantitative estimate of drug-likeness (QED) is 0.651. The van der Waals surface area contributed by atoms with Crippen LogP contribution in [-0.4, -0.2) is 16.1 Å². The van der Waals surface area contributed by atoms with Gasteiger partial charge < -0.3 is 4.57 Å². The summed E-state index contributed by atoms with van der Waals surface area (Å²) in [5.74, 6) is 2.41. The van der Waals surface area contributed by atoms with Gasteiger partial charge in [0.15, 0.2) is 0 Å². The van der Waals surface area contributed by atoms with Crippen molar-refractivity contribution in [3.8, 4) is 10.6 Å². The van der Waals surface area contributed by atoms with Gasteiger partial charge >= 0.3 is 0 Å². The minimum absolute atomic E-state index is 1.12. The fourth-order valence-corrected chi connectivity index (χ4v) is 3.63. The molecule has 0 bridgehead atoms. The Morgan fingerprint density at radius 1 is 1.28 bits per heavy atom. The summed E-state index contributed by atoms with van der Waals surface area (Å²) in [4.78, 5) is 1.41. The van der Waals surface area contributed by atoms with Crippen LogP contribution in [0.3, 0.4) is 0 Å². The molecule has 18 heavy (non-hydrogen) atoms. The number of aromatic nitrogens is 1. The molecular weight excluding hydrogens is 258 g/mol. The summed E-state index contributed by atoms with van der Waals surface area (Å²) >= 11 is 3.86. The Kier molecular flexibility index (Phi) is 5.39. The molecule has 0 amide bonds. The molecule has 3 heteroatoms. The third-order valence-electron chi connectivity index (χ3n) is 3.00. The van der Waals surface area contributed by atoms with Crippen molar-refractivity contribution >= 4 is 23.1 Å². The maximum Gasteiger partial charge on any atom is 0.0614 e. The molecule has 0 saturated carbocycles. The van der Waals surface area contributed by atoms with Crippen LogP contribution in [0.1, 0.15) is 25.8 Å². The van der Waals surface area contributed by atoms with Crippen LogP contribution >= 0.6 is 23.1 Å². The van der Waals surface area contributed by atoms with E-state index in [1.165, 1.54) is 40.5 Å². The molecule has 2 aromatic heterocycles. The lowest BCUT2D eigenvalue weighted by Crippen LogP contribution is -2.02. The van der Waals surface area contributed by atoms with Crippen molar-refractivity contribution in [3.05, 3.63) is 35.3 Å². The highest BCUT2D eigenvalue weighted by molar-refractivity contribution is 7.99. The Morgan fingerprint density at radius 3 is 2.83 bits per heavy atom. The molecule has 2 aromatic rings. The van der Waals surface area contributed by atoms with E-state index >= 15 is 0 Å². The van der Waals surface area contributed by atoms with Crippen molar-refractivity contribution in [2.75, 3.05) is 11.5 Å². The first-order valence-corrected chi connectivity index (χ1v) is 8.69. The summed E-state index contributed by atoms with van der Waals surface area (Å²) in [5.41, 5.74) is 2.95. The molecule has 0 saturated heterocycles. The van der Waals surface area contributed by atoms with Gasteiger partial charge in [0.25, 0.3) is 0 Å². The number of rotatable bonds is 7. The Balaban J connectivity index is 2.23.